The van der Waals surface area contributed by atoms with Gasteiger partial charge in [0.1, 0.15) is 0 Å². The van der Waals surface area contributed by atoms with Crippen LogP contribution in [0.4, 0.5) is 0 Å². The average molecular weight is 288 g/mol. The van der Waals surface area contributed by atoms with E-state index in [1.165, 1.54) is 36.6 Å². The molecule has 0 radical (unpaired) electrons. The van der Waals surface area contributed by atoms with Crippen LogP contribution in [0.3, 0.4) is 0 Å². The Bertz CT molecular complexity index is 614. The van der Waals surface area contributed by atoms with Crippen LogP contribution in [0.25, 0.3) is 10.8 Å². The monoisotopic (exact) mass is 287 g/mol. The van der Waals surface area contributed by atoms with Crippen LogP contribution in [-0.2, 0) is 0 Å². The number of nitrogens with two attached hydrogens (primary N) is 1. The molecule has 0 aromatic heterocycles. The smallest absolute Gasteiger partial charge is 0.0484 e. The molecule has 1 nitrogen and oxygen atoms in total. The van der Waals surface area contributed by atoms with Crippen LogP contribution in [0.1, 0.15) is 50.6 Å². The summed E-state index contributed by atoms with van der Waals surface area (Å²) in [5.74, 6) is 0. The molecule has 1 fully saturated rings. The van der Waals surface area contributed by atoms with Crippen molar-refractivity contribution in [3.05, 3.63) is 47.0 Å². The van der Waals surface area contributed by atoms with Gasteiger partial charge in [-0.05, 0) is 41.7 Å². The number of fused-ring (bicyclic) bond motifs is 1. The van der Waals surface area contributed by atoms with Crippen molar-refractivity contribution in [2.24, 2.45) is 11.1 Å². The maximum absolute atomic E-state index is 6.72. The van der Waals surface area contributed by atoms with Crippen molar-refractivity contribution in [3.63, 3.8) is 0 Å². The Morgan fingerprint density at radius 2 is 1.75 bits per heavy atom. The Labute approximate surface area is 126 Å². The molecule has 0 spiro atoms. The molecule has 1 saturated carbocycles. The van der Waals surface area contributed by atoms with Crippen molar-refractivity contribution in [1.82, 2.24) is 0 Å². The fourth-order valence-corrected chi connectivity index (χ4v) is 4.08. The SMILES string of the molecule is CCC1(C(N)c2ccc(Cl)c3ccccc23)CCCC1. The second-order valence-corrected chi connectivity index (χ2v) is 6.49. The van der Waals surface area contributed by atoms with Crippen LogP contribution in [0.5, 0.6) is 0 Å². The molecule has 2 N–H and O–H groups in total. The molecule has 2 heteroatoms. The zero-order valence-electron chi connectivity index (χ0n) is 12.0. The van der Waals surface area contributed by atoms with E-state index in [2.05, 4.69) is 31.2 Å². The van der Waals surface area contributed by atoms with E-state index in [1.807, 2.05) is 12.1 Å². The van der Waals surface area contributed by atoms with Crippen molar-refractivity contribution in [2.45, 2.75) is 45.1 Å². The van der Waals surface area contributed by atoms with Gasteiger partial charge < -0.3 is 5.73 Å². The van der Waals surface area contributed by atoms with E-state index in [0.717, 1.165) is 16.8 Å². The van der Waals surface area contributed by atoms with Gasteiger partial charge in [-0.25, -0.2) is 0 Å². The molecule has 1 atom stereocenters. The second-order valence-electron chi connectivity index (χ2n) is 6.08. The molecule has 0 aliphatic heterocycles. The first-order valence-corrected chi connectivity index (χ1v) is 7.98. The Kier molecular flexibility index (Phi) is 3.74. The third-order valence-electron chi connectivity index (χ3n) is 5.20. The maximum atomic E-state index is 6.72. The lowest BCUT2D eigenvalue weighted by Crippen LogP contribution is -2.31. The van der Waals surface area contributed by atoms with Gasteiger partial charge >= 0.3 is 0 Å². The maximum Gasteiger partial charge on any atom is 0.0484 e. The molecule has 20 heavy (non-hydrogen) atoms. The van der Waals surface area contributed by atoms with Crippen molar-refractivity contribution < 1.29 is 0 Å². The van der Waals surface area contributed by atoms with Crippen LogP contribution < -0.4 is 5.73 Å². The number of halogens is 1. The molecule has 1 unspecified atom stereocenters. The molecule has 0 amide bonds. The summed E-state index contributed by atoms with van der Waals surface area (Å²) in [7, 11) is 0. The molecule has 1 aliphatic rings. The first-order valence-electron chi connectivity index (χ1n) is 7.61. The quantitative estimate of drug-likeness (QED) is 0.796. The largest absolute Gasteiger partial charge is 0.323 e. The summed E-state index contributed by atoms with van der Waals surface area (Å²) < 4.78 is 0. The summed E-state index contributed by atoms with van der Waals surface area (Å²) in [4.78, 5) is 0. The van der Waals surface area contributed by atoms with Crippen molar-refractivity contribution in [3.8, 4) is 0 Å². The van der Waals surface area contributed by atoms with Crippen LogP contribution in [0, 0.1) is 5.41 Å². The highest BCUT2D eigenvalue weighted by molar-refractivity contribution is 6.35. The van der Waals surface area contributed by atoms with E-state index >= 15 is 0 Å². The summed E-state index contributed by atoms with van der Waals surface area (Å²) >= 11 is 6.32. The number of hydrogen-bond donors (Lipinski definition) is 1. The van der Waals surface area contributed by atoms with Crippen LogP contribution >= 0.6 is 11.6 Å². The van der Waals surface area contributed by atoms with Gasteiger partial charge in [-0.1, -0.05) is 61.7 Å². The van der Waals surface area contributed by atoms with E-state index in [0.29, 0.717) is 0 Å². The molecular weight excluding hydrogens is 266 g/mol. The standard InChI is InChI=1S/C18H22ClN/c1-2-18(11-5-6-12-18)17(20)15-9-10-16(19)14-8-4-3-7-13(14)15/h3-4,7-10,17H,2,5-6,11-12,20H2,1H3. The van der Waals surface area contributed by atoms with Crippen LogP contribution in [-0.4, -0.2) is 0 Å². The molecule has 1 aliphatic carbocycles. The summed E-state index contributed by atoms with van der Waals surface area (Å²) in [5, 5.41) is 3.15. The zero-order valence-corrected chi connectivity index (χ0v) is 12.8. The fourth-order valence-electron chi connectivity index (χ4n) is 3.85. The van der Waals surface area contributed by atoms with Crippen LogP contribution in [0.2, 0.25) is 5.02 Å². The third-order valence-corrected chi connectivity index (χ3v) is 5.53. The van der Waals surface area contributed by atoms with Gasteiger partial charge in [0, 0.05) is 16.5 Å². The van der Waals surface area contributed by atoms with Gasteiger partial charge in [0.15, 0.2) is 0 Å². The van der Waals surface area contributed by atoms with Gasteiger partial charge in [-0.3, -0.25) is 0 Å². The predicted octanol–water partition coefficient (Wildman–Crippen LogP) is 5.46. The van der Waals surface area contributed by atoms with Gasteiger partial charge in [0.25, 0.3) is 0 Å². The Balaban J connectivity index is 2.12. The highest BCUT2D eigenvalue weighted by Crippen LogP contribution is 2.50. The number of benzene rings is 2. The molecule has 0 bridgehead atoms. The summed E-state index contributed by atoms with van der Waals surface area (Å²) in [6, 6.07) is 12.6. The number of hydrogen-bond acceptors (Lipinski definition) is 1. The van der Waals surface area contributed by atoms with E-state index in [9.17, 15) is 0 Å². The minimum absolute atomic E-state index is 0.108. The van der Waals surface area contributed by atoms with E-state index in [1.54, 1.807) is 0 Å². The first kappa shape index (κ1) is 13.9. The lowest BCUT2D eigenvalue weighted by atomic mass is 9.73. The highest BCUT2D eigenvalue weighted by Gasteiger charge is 2.39. The van der Waals surface area contributed by atoms with Crippen molar-refractivity contribution in [1.29, 1.82) is 0 Å². The van der Waals surface area contributed by atoms with Crippen molar-refractivity contribution in [2.75, 3.05) is 0 Å². The minimum atomic E-state index is 0.108. The molecule has 3 rings (SSSR count). The van der Waals surface area contributed by atoms with E-state index < -0.39 is 0 Å². The Morgan fingerprint density at radius 3 is 2.40 bits per heavy atom. The zero-order chi connectivity index (χ0) is 14.2. The second kappa shape index (κ2) is 5.38. The van der Waals surface area contributed by atoms with Crippen LogP contribution in [0.15, 0.2) is 36.4 Å². The molecular formula is C18H22ClN. The van der Waals surface area contributed by atoms with Crippen molar-refractivity contribution >= 4 is 22.4 Å². The molecule has 0 saturated heterocycles. The van der Waals surface area contributed by atoms with Gasteiger partial charge in [0.05, 0.1) is 0 Å². The average Bonchev–Trinajstić information content (AvgIpc) is 2.97. The molecule has 2 aromatic rings. The highest BCUT2D eigenvalue weighted by atomic mass is 35.5. The fraction of sp³-hybridized carbons (Fsp3) is 0.444. The predicted molar refractivity (Wildman–Crippen MR) is 87.1 cm³/mol. The van der Waals surface area contributed by atoms with Gasteiger partial charge in [-0.2, -0.15) is 0 Å². The molecule has 106 valence electrons. The van der Waals surface area contributed by atoms with Gasteiger partial charge in [0.2, 0.25) is 0 Å². The Hall–Kier alpha value is -1.05. The summed E-state index contributed by atoms with van der Waals surface area (Å²) in [5.41, 5.74) is 8.25. The first-order chi connectivity index (χ1) is 9.68. The Morgan fingerprint density at radius 1 is 1.10 bits per heavy atom. The summed E-state index contributed by atoms with van der Waals surface area (Å²) in [6.07, 6.45) is 6.29. The lowest BCUT2D eigenvalue weighted by molar-refractivity contribution is 0.223. The van der Waals surface area contributed by atoms with E-state index in [4.69, 9.17) is 17.3 Å². The third kappa shape index (κ3) is 2.13. The number of rotatable bonds is 3. The molecule has 0 heterocycles. The summed E-state index contributed by atoms with van der Waals surface area (Å²) in [6.45, 7) is 2.28. The molecule has 2 aromatic carbocycles. The minimum Gasteiger partial charge on any atom is -0.323 e. The lowest BCUT2D eigenvalue weighted by Gasteiger charge is -2.35. The van der Waals surface area contributed by atoms with E-state index in [-0.39, 0.29) is 11.5 Å². The topological polar surface area (TPSA) is 26.0 Å². The van der Waals surface area contributed by atoms with Gasteiger partial charge in [-0.15, -0.1) is 0 Å². The normalized spacial score (nSPS) is 19.4.